The van der Waals surface area contributed by atoms with Gasteiger partial charge in [-0.15, -0.1) is 11.3 Å². The second kappa shape index (κ2) is 5.28. The molecule has 108 valence electrons. The van der Waals surface area contributed by atoms with Crippen molar-refractivity contribution < 1.29 is 4.74 Å². The van der Waals surface area contributed by atoms with E-state index in [1.807, 2.05) is 19.1 Å². The van der Waals surface area contributed by atoms with Crippen molar-refractivity contribution >= 4 is 33.2 Å². The molecule has 0 unspecified atom stereocenters. The quantitative estimate of drug-likeness (QED) is 0.627. The number of aromatic nitrogens is 2. The third-order valence-corrected chi connectivity index (χ3v) is 4.86. The Balaban J connectivity index is 2.31. The Labute approximate surface area is 132 Å². The van der Waals surface area contributed by atoms with Gasteiger partial charge in [-0.05, 0) is 49.6 Å². The Morgan fingerprint density at radius 1 is 1.10 bits per heavy atom. The van der Waals surface area contributed by atoms with Gasteiger partial charge in [0, 0.05) is 10.9 Å². The van der Waals surface area contributed by atoms with E-state index in [-0.39, 0.29) is 0 Å². The first-order valence-corrected chi connectivity index (χ1v) is 7.84. The van der Waals surface area contributed by atoms with Crippen LogP contribution in [0.2, 0.25) is 5.15 Å². The SMILES string of the molecule is COc1cc(C)c(-c2csc3c(Cl)nc(C)nc23)c(C)c1. The van der Waals surface area contributed by atoms with Crippen molar-refractivity contribution in [3.63, 3.8) is 0 Å². The number of thiophene rings is 1. The number of benzene rings is 1. The molecule has 2 aromatic heterocycles. The van der Waals surface area contributed by atoms with Gasteiger partial charge in [0.2, 0.25) is 0 Å². The molecule has 3 rings (SSSR count). The predicted molar refractivity (Wildman–Crippen MR) is 88.6 cm³/mol. The molecule has 3 aromatic rings. The summed E-state index contributed by atoms with van der Waals surface area (Å²) in [4.78, 5) is 8.81. The number of hydrogen-bond acceptors (Lipinski definition) is 4. The molecule has 3 nitrogen and oxygen atoms in total. The third-order valence-electron chi connectivity index (χ3n) is 3.50. The molecule has 0 fully saturated rings. The van der Waals surface area contributed by atoms with Gasteiger partial charge >= 0.3 is 0 Å². The standard InChI is InChI=1S/C16H15ClN2OS/c1-8-5-11(20-4)6-9(2)13(8)12-7-21-15-14(12)18-10(3)19-16(15)17/h5-7H,1-4H3. The molecule has 0 saturated carbocycles. The molecule has 5 heteroatoms. The molecule has 0 spiro atoms. The van der Waals surface area contributed by atoms with Crippen LogP contribution < -0.4 is 4.74 Å². The van der Waals surface area contributed by atoms with Gasteiger partial charge in [-0.25, -0.2) is 9.97 Å². The highest BCUT2D eigenvalue weighted by atomic mass is 35.5. The zero-order valence-electron chi connectivity index (χ0n) is 12.3. The minimum Gasteiger partial charge on any atom is -0.497 e. The molecule has 21 heavy (non-hydrogen) atoms. The monoisotopic (exact) mass is 318 g/mol. The van der Waals surface area contributed by atoms with Crippen LogP contribution in [0.3, 0.4) is 0 Å². The summed E-state index contributed by atoms with van der Waals surface area (Å²) in [6, 6.07) is 4.09. The van der Waals surface area contributed by atoms with Crippen LogP contribution in [0.25, 0.3) is 21.3 Å². The highest BCUT2D eigenvalue weighted by Gasteiger charge is 2.16. The number of ether oxygens (including phenoxy) is 1. The van der Waals surface area contributed by atoms with Gasteiger partial charge in [-0.1, -0.05) is 11.6 Å². The number of aryl methyl sites for hydroxylation is 3. The number of fused-ring (bicyclic) bond motifs is 1. The van der Waals surface area contributed by atoms with Gasteiger partial charge in [-0.2, -0.15) is 0 Å². The minimum atomic E-state index is 0.526. The molecule has 0 aliphatic carbocycles. The van der Waals surface area contributed by atoms with Crippen LogP contribution in [-0.4, -0.2) is 17.1 Å². The summed E-state index contributed by atoms with van der Waals surface area (Å²) in [7, 11) is 1.68. The predicted octanol–water partition coefficient (Wildman–Crippen LogP) is 4.95. The van der Waals surface area contributed by atoms with Crippen LogP contribution in [0.4, 0.5) is 0 Å². The molecular weight excluding hydrogens is 304 g/mol. The minimum absolute atomic E-state index is 0.526. The fourth-order valence-electron chi connectivity index (χ4n) is 2.63. The van der Waals surface area contributed by atoms with Crippen LogP contribution in [0, 0.1) is 20.8 Å². The Bertz CT molecular complexity index is 819. The molecule has 0 N–H and O–H groups in total. The van der Waals surface area contributed by atoms with Crippen molar-refractivity contribution in [3.05, 3.63) is 39.6 Å². The maximum atomic E-state index is 6.23. The zero-order chi connectivity index (χ0) is 15.1. The van der Waals surface area contributed by atoms with E-state index < -0.39 is 0 Å². The first-order valence-electron chi connectivity index (χ1n) is 6.58. The topological polar surface area (TPSA) is 35.0 Å². The van der Waals surface area contributed by atoms with Crippen molar-refractivity contribution in [2.45, 2.75) is 20.8 Å². The van der Waals surface area contributed by atoms with E-state index in [1.165, 1.54) is 16.7 Å². The maximum Gasteiger partial charge on any atom is 0.150 e. The van der Waals surface area contributed by atoms with Crippen molar-refractivity contribution in [1.29, 1.82) is 0 Å². The second-order valence-corrected chi connectivity index (χ2v) is 6.26. The summed E-state index contributed by atoms with van der Waals surface area (Å²) in [6.07, 6.45) is 0. The summed E-state index contributed by atoms with van der Waals surface area (Å²) in [5, 5.41) is 2.63. The van der Waals surface area contributed by atoms with Gasteiger partial charge in [0.05, 0.1) is 17.3 Å². The molecule has 1 aromatic carbocycles. The van der Waals surface area contributed by atoms with Crippen molar-refractivity contribution in [2.24, 2.45) is 0 Å². The summed E-state index contributed by atoms with van der Waals surface area (Å²) in [6.45, 7) is 6.04. The van der Waals surface area contributed by atoms with Crippen LogP contribution >= 0.6 is 22.9 Å². The van der Waals surface area contributed by atoms with Gasteiger partial charge in [0.25, 0.3) is 0 Å². The summed E-state index contributed by atoms with van der Waals surface area (Å²) < 4.78 is 6.27. The lowest BCUT2D eigenvalue weighted by Gasteiger charge is -2.11. The Morgan fingerprint density at radius 2 is 1.76 bits per heavy atom. The smallest absolute Gasteiger partial charge is 0.150 e. The average molecular weight is 319 g/mol. The van der Waals surface area contributed by atoms with Crippen molar-refractivity contribution in [3.8, 4) is 16.9 Å². The summed E-state index contributed by atoms with van der Waals surface area (Å²) in [5.41, 5.74) is 5.56. The van der Waals surface area contributed by atoms with E-state index in [0.717, 1.165) is 21.5 Å². The molecule has 2 heterocycles. The van der Waals surface area contributed by atoms with E-state index in [0.29, 0.717) is 11.0 Å². The van der Waals surface area contributed by atoms with Crippen LogP contribution in [0.1, 0.15) is 17.0 Å². The summed E-state index contributed by atoms with van der Waals surface area (Å²) >= 11 is 7.81. The van der Waals surface area contributed by atoms with Gasteiger partial charge < -0.3 is 4.74 Å². The molecule has 0 radical (unpaired) electrons. The average Bonchev–Trinajstić information content (AvgIpc) is 2.82. The Kier molecular flexibility index (Phi) is 3.59. The molecule has 0 amide bonds. The molecule has 0 aliphatic rings. The molecule has 0 bridgehead atoms. The van der Waals surface area contributed by atoms with Crippen LogP contribution in [-0.2, 0) is 0 Å². The van der Waals surface area contributed by atoms with Gasteiger partial charge in [0.1, 0.15) is 11.6 Å². The number of halogens is 1. The molecule has 0 saturated heterocycles. The van der Waals surface area contributed by atoms with Gasteiger partial charge in [0.15, 0.2) is 5.15 Å². The fraction of sp³-hybridized carbons (Fsp3) is 0.250. The highest BCUT2D eigenvalue weighted by Crippen LogP contribution is 2.39. The van der Waals surface area contributed by atoms with E-state index in [1.54, 1.807) is 18.4 Å². The Morgan fingerprint density at radius 3 is 2.38 bits per heavy atom. The van der Waals surface area contributed by atoms with E-state index in [4.69, 9.17) is 16.3 Å². The molecule has 0 aliphatic heterocycles. The van der Waals surface area contributed by atoms with Crippen molar-refractivity contribution in [1.82, 2.24) is 9.97 Å². The van der Waals surface area contributed by atoms with Gasteiger partial charge in [-0.3, -0.25) is 0 Å². The largest absolute Gasteiger partial charge is 0.497 e. The lowest BCUT2D eigenvalue weighted by Crippen LogP contribution is -1.93. The van der Waals surface area contributed by atoms with E-state index in [9.17, 15) is 0 Å². The van der Waals surface area contributed by atoms with Crippen LogP contribution in [0.5, 0.6) is 5.75 Å². The van der Waals surface area contributed by atoms with Crippen molar-refractivity contribution in [2.75, 3.05) is 7.11 Å². The first-order chi connectivity index (χ1) is 10.0. The fourth-order valence-corrected chi connectivity index (χ4v) is 3.85. The number of methoxy groups -OCH3 is 1. The van der Waals surface area contributed by atoms with Crippen LogP contribution in [0.15, 0.2) is 17.5 Å². The Hall–Kier alpha value is -1.65. The second-order valence-electron chi connectivity index (χ2n) is 5.02. The van der Waals surface area contributed by atoms with E-state index >= 15 is 0 Å². The lowest BCUT2D eigenvalue weighted by atomic mass is 9.96. The van der Waals surface area contributed by atoms with E-state index in [2.05, 4.69) is 29.2 Å². The third kappa shape index (κ3) is 2.39. The number of hydrogen-bond donors (Lipinski definition) is 0. The lowest BCUT2D eigenvalue weighted by molar-refractivity contribution is 0.414. The number of rotatable bonds is 2. The first kappa shape index (κ1) is 14.3. The summed E-state index contributed by atoms with van der Waals surface area (Å²) in [5.74, 6) is 1.56. The maximum absolute atomic E-state index is 6.23. The highest BCUT2D eigenvalue weighted by molar-refractivity contribution is 7.18. The number of nitrogens with zero attached hydrogens (tertiary/aromatic N) is 2. The zero-order valence-corrected chi connectivity index (χ0v) is 13.9. The normalized spacial score (nSPS) is 11.1. The molecular formula is C16H15ClN2OS. The molecule has 0 atom stereocenters.